The van der Waals surface area contributed by atoms with Crippen LogP contribution >= 0.6 is 11.8 Å². The van der Waals surface area contributed by atoms with Gasteiger partial charge in [0.1, 0.15) is 6.07 Å². The molecule has 19 heavy (non-hydrogen) atoms. The first-order chi connectivity index (χ1) is 9.24. The van der Waals surface area contributed by atoms with Gasteiger partial charge in [0.05, 0.1) is 23.4 Å². The summed E-state index contributed by atoms with van der Waals surface area (Å²) in [6, 6.07) is 8.01. The molecule has 0 radical (unpaired) electrons. The SMILES string of the molecule is CSc1cccc(NC2(CO)CCOCC2)c1C#N. The minimum Gasteiger partial charge on any atom is -0.394 e. The van der Waals surface area contributed by atoms with Gasteiger partial charge in [0.15, 0.2) is 0 Å². The average molecular weight is 278 g/mol. The van der Waals surface area contributed by atoms with Crippen LogP contribution in [0.2, 0.25) is 0 Å². The smallest absolute Gasteiger partial charge is 0.102 e. The molecule has 0 bridgehead atoms. The van der Waals surface area contributed by atoms with Crippen molar-refractivity contribution in [3.8, 4) is 6.07 Å². The third-order valence-electron chi connectivity index (χ3n) is 3.51. The first-order valence-corrected chi connectivity index (χ1v) is 7.51. The second-order valence-corrected chi connectivity index (χ2v) is 5.52. The lowest BCUT2D eigenvalue weighted by Crippen LogP contribution is -2.47. The zero-order valence-corrected chi connectivity index (χ0v) is 11.8. The second-order valence-electron chi connectivity index (χ2n) is 4.67. The zero-order valence-electron chi connectivity index (χ0n) is 11.0. The van der Waals surface area contributed by atoms with Crippen LogP contribution < -0.4 is 5.32 Å². The van der Waals surface area contributed by atoms with Gasteiger partial charge in [-0.25, -0.2) is 0 Å². The van der Waals surface area contributed by atoms with E-state index in [1.165, 1.54) is 0 Å². The molecule has 5 heteroatoms. The number of thioether (sulfide) groups is 1. The molecule has 1 fully saturated rings. The molecule has 1 heterocycles. The van der Waals surface area contributed by atoms with Gasteiger partial charge in [-0.3, -0.25) is 0 Å². The van der Waals surface area contributed by atoms with Crippen molar-refractivity contribution >= 4 is 17.4 Å². The lowest BCUT2D eigenvalue weighted by molar-refractivity contribution is 0.0380. The van der Waals surface area contributed by atoms with Gasteiger partial charge in [-0.1, -0.05) is 6.07 Å². The lowest BCUT2D eigenvalue weighted by atomic mass is 9.90. The number of nitriles is 1. The molecular formula is C14H18N2O2S. The Balaban J connectivity index is 2.29. The maximum absolute atomic E-state index is 9.69. The number of hydrogen-bond donors (Lipinski definition) is 2. The fraction of sp³-hybridized carbons (Fsp3) is 0.500. The van der Waals surface area contributed by atoms with Crippen molar-refractivity contribution in [2.75, 3.05) is 31.4 Å². The van der Waals surface area contributed by atoms with Gasteiger partial charge in [-0.05, 0) is 31.2 Å². The standard InChI is InChI=1S/C14H18N2O2S/c1-19-13-4-2-3-12(11(13)9-15)16-14(10-17)5-7-18-8-6-14/h2-4,16-17H,5-8,10H2,1H3. The molecule has 0 aliphatic carbocycles. The van der Waals surface area contributed by atoms with E-state index in [-0.39, 0.29) is 12.1 Å². The molecule has 0 unspecified atom stereocenters. The Morgan fingerprint density at radius 1 is 1.47 bits per heavy atom. The predicted molar refractivity (Wildman–Crippen MR) is 76.4 cm³/mol. The van der Waals surface area contributed by atoms with Crippen LogP contribution in [0.1, 0.15) is 18.4 Å². The molecule has 0 aromatic heterocycles. The van der Waals surface area contributed by atoms with Crippen LogP contribution in [-0.2, 0) is 4.74 Å². The summed E-state index contributed by atoms with van der Waals surface area (Å²) in [6.45, 7) is 1.32. The maximum Gasteiger partial charge on any atom is 0.102 e. The summed E-state index contributed by atoms with van der Waals surface area (Å²) < 4.78 is 5.35. The van der Waals surface area contributed by atoms with E-state index in [9.17, 15) is 10.4 Å². The van der Waals surface area contributed by atoms with Crippen molar-refractivity contribution in [1.82, 2.24) is 0 Å². The quantitative estimate of drug-likeness (QED) is 0.827. The fourth-order valence-electron chi connectivity index (χ4n) is 2.29. The molecule has 102 valence electrons. The van der Waals surface area contributed by atoms with Gasteiger partial charge < -0.3 is 15.2 Å². The summed E-state index contributed by atoms with van der Waals surface area (Å²) in [5, 5.41) is 22.4. The second kappa shape index (κ2) is 6.29. The number of benzene rings is 1. The Morgan fingerprint density at radius 2 is 2.21 bits per heavy atom. The van der Waals surface area contributed by atoms with Crippen molar-refractivity contribution in [1.29, 1.82) is 5.26 Å². The fourth-order valence-corrected chi connectivity index (χ4v) is 2.87. The van der Waals surface area contributed by atoms with E-state index in [0.29, 0.717) is 18.8 Å². The van der Waals surface area contributed by atoms with Crippen LogP contribution in [0.15, 0.2) is 23.1 Å². The van der Waals surface area contributed by atoms with E-state index in [4.69, 9.17) is 4.74 Å². The molecule has 1 aromatic rings. The Labute approximate surface area is 117 Å². The average Bonchev–Trinajstić information content (AvgIpc) is 2.48. The van der Waals surface area contributed by atoms with Gasteiger partial charge in [0.25, 0.3) is 0 Å². The highest BCUT2D eigenvalue weighted by atomic mass is 32.2. The largest absolute Gasteiger partial charge is 0.394 e. The van der Waals surface area contributed by atoms with Crippen molar-refractivity contribution in [3.63, 3.8) is 0 Å². The molecule has 0 atom stereocenters. The highest BCUT2D eigenvalue weighted by Gasteiger charge is 2.32. The van der Waals surface area contributed by atoms with Crippen molar-refractivity contribution in [2.45, 2.75) is 23.3 Å². The molecule has 0 amide bonds. The number of aliphatic hydroxyl groups is 1. The van der Waals surface area contributed by atoms with Crippen molar-refractivity contribution in [2.24, 2.45) is 0 Å². The third-order valence-corrected chi connectivity index (χ3v) is 4.29. The van der Waals surface area contributed by atoms with Crippen LogP contribution in [0.5, 0.6) is 0 Å². The molecule has 2 N–H and O–H groups in total. The van der Waals surface area contributed by atoms with Crippen molar-refractivity contribution in [3.05, 3.63) is 23.8 Å². The van der Waals surface area contributed by atoms with Crippen molar-refractivity contribution < 1.29 is 9.84 Å². The summed E-state index contributed by atoms with van der Waals surface area (Å²) in [6.07, 6.45) is 3.45. The van der Waals surface area contributed by atoms with Crippen LogP contribution in [0, 0.1) is 11.3 Å². The molecule has 4 nitrogen and oxygen atoms in total. The molecule has 1 saturated heterocycles. The molecule has 1 aliphatic rings. The van der Waals surface area contributed by atoms with Gasteiger partial charge in [-0.15, -0.1) is 11.8 Å². The van der Waals surface area contributed by atoms with Gasteiger partial charge >= 0.3 is 0 Å². The van der Waals surface area contributed by atoms with E-state index >= 15 is 0 Å². The van der Waals surface area contributed by atoms with Crippen LogP contribution in [0.3, 0.4) is 0 Å². The Hall–Kier alpha value is -1.22. The van der Waals surface area contributed by atoms with Crippen LogP contribution in [0.25, 0.3) is 0 Å². The Bertz CT molecular complexity index is 479. The number of hydrogen-bond acceptors (Lipinski definition) is 5. The molecule has 1 aliphatic heterocycles. The minimum atomic E-state index is -0.374. The van der Waals surface area contributed by atoms with Crippen LogP contribution in [0.4, 0.5) is 5.69 Å². The highest BCUT2D eigenvalue weighted by Crippen LogP contribution is 2.31. The number of rotatable bonds is 4. The van der Waals surface area contributed by atoms with E-state index in [1.807, 2.05) is 24.5 Å². The number of ether oxygens (including phenoxy) is 1. The number of aliphatic hydroxyl groups excluding tert-OH is 1. The third kappa shape index (κ3) is 3.03. The molecule has 0 saturated carbocycles. The van der Waals surface area contributed by atoms with Gasteiger partial charge in [0, 0.05) is 18.1 Å². The summed E-state index contributed by atoms with van der Waals surface area (Å²) in [5.41, 5.74) is 1.07. The first kappa shape index (κ1) is 14.2. The first-order valence-electron chi connectivity index (χ1n) is 6.28. The Morgan fingerprint density at radius 3 is 2.79 bits per heavy atom. The Kier molecular flexibility index (Phi) is 4.70. The highest BCUT2D eigenvalue weighted by molar-refractivity contribution is 7.98. The van der Waals surface area contributed by atoms with Gasteiger partial charge in [-0.2, -0.15) is 5.26 Å². The molecular weight excluding hydrogens is 260 g/mol. The summed E-state index contributed by atoms with van der Waals surface area (Å²) >= 11 is 1.55. The predicted octanol–water partition coefficient (Wildman–Crippen LogP) is 2.23. The minimum absolute atomic E-state index is 0.0464. The maximum atomic E-state index is 9.69. The summed E-state index contributed by atoms with van der Waals surface area (Å²) in [5.74, 6) is 0. The summed E-state index contributed by atoms with van der Waals surface area (Å²) in [7, 11) is 0. The molecule has 0 spiro atoms. The van der Waals surface area contributed by atoms with E-state index in [2.05, 4.69) is 11.4 Å². The molecule has 2 rings (SSSR count). The summed E-state index contributed by atoms with van der Waals surface area (Å²) in [4.78, 5) is 0.952. The topological polar surface area (TPSA) is 65.3 Å². The monoisotopic (exact) mass is 278 g/mol. The van der Waals surface area contributed by atoms with E-state index < -0.39 is 0 Å². The van der Waals surface area contributed by atoms with Gasteiger partial charge in [0.2, 0.25) is 0 Å². The van der Waals surface area contributed by atoms with Crippen LogP contribution in [-0.4, -0.2) is 36.7 Å². The number of nitrogens with zero attached hydrogens (tertiary/aromatic N) is 1. The normalized spacial score (nSPS) is 17.7. The number of nitrogens with one attached hydrogen (secondary N) is 1. The number of anilines is 1. The zero-order chi connectivity index (χ0) is 13.7. The molecule has 1 aromatic carbocycles. The van der Waals surface area contributed by atoms with E-state index in [0.717, 1.165) is 23.4 Å². The lowest BCUT2D eigenvalue weighted by Gasteiger charge is -2.37. The van der Waals surface area contributed by atoms with E-state index in [1.54, 1.807) is 11.8 Å².